The molecule has 0 saturated heterocycles. The molecule has 102 valence electrons. The van der Waals surface area contributed by atoms with Gasteiger partial charge < -0.3 is 5.32 Å². The molecule has 0 spiro atoms. The van der Waals surface area contributed by atoms with Gasteiger partial charge in [-0.15, -0.1) is 0 Å². The van der Waals surface area contributed by atoms with E-state index in [4.69, 9.17) is 0 Å². The Balaban J connectivity index is 2.27. The zero-order valence-electron chi connectivity index (χ0n) is 10.1. The van der Waals surface area contributed by atoms with Gasteiger partial charge in [-0.05, 0) is 31.3 Å². The predicted octanol–water partition coefficient (Wildman–Crippen LogP) is 1.69. The van der Waals surface area contributed by atoms with E-state index < -0.39 is 10.0 Å². The van der Waals surface area contributed by atoms with Crippen LogP contribution in [0.2, 0.25) is 0 Å². The zero-order valence-corrected chi connectivity index (χ0v) is 12.5. The normalized spacial score (nSPS) is 11.5. The van der Waals surface area contributed by atoms with Crippen LogP contribution in [0.25, 0.3) is 0 Å². The average molecular weight is 345 g/mol. The van der Waals surface area contributed by atoms with Crippen LogP contribution < -0.4 is 10.0 Å². The number of aromatic amines is 1. The largest absolute Gasteiger partial charge is 0.316 e. The molecular weight excluding hydrogens is 332 g/mol. The highest BCUT2D eigenvalue weighted by Gasteiger charge is 2.20. The summed E-state index contributed by atoms with van der Waals surface area (Å²) in [7, 11) is -1.92. The van der Waals surface area contributed by atoms with Crippen molar-refractivity contribution >= 4 is 31.6 Å². The quantitative estimate of drug-likeness (QED) is 0.770. The fraction of sp³-hybridized carbons (Fsp3) is 0.182. The summed E-state index contributed by atoms with van der Waals surface area (Å²) in [6.07, 6.45) is 1.49. The number of rotatable bonds is 5. The van der Waals surface area contributed by atoms with Crippen molar-refractivity contribution in [2.75, 3.05) is 11.8 Å². The van der Waals surface area contributed by atoms with Crippen molar-refractivity contribution < 1.29 is 8.42 Å². The molecule has 0 aliphatic heterocycles. The van der Waals surface area contributed by atoms with Gasteiger partial charge in [0.15, 0.2) is 5.03 Å². The van der Waals surface area contributed by atoms with Crippen molar-refractivity contribution in [2.24, 2.45) is 0 Å². The Labute approximate surface area is 119 Å². The fourth-order valence-corrected chi connectivity index (χ4v) is 3.03. The lowest BCUT2D eigenvalue weighted by Gasteiger charge is -2.08. The van der Waals surface area contributed by atoms with Crippen LogP contribution in [0.1, 0.15) is 5.56 Å². The molecule has 0 saturated carbocycles. The number of benzene rings is 1. The molecule has 0 aliphatic carbocycles. The number of H-pyrrole nitrogens is 1. The van der Waals surface area contributed by atoms with Crippen LogP contribution in [0.4, 0.5) is 5.69 Å². The molecule has 0 atom stereocenters. The van der Waals surface area contributed by atoms with E-state index in [1.54, 1.807) is 31.3 Å². The molecular formula is C11H13BrN4O2S. The Morgan fingerprint density at radius 2 is 2.00 bits per heavy atom. The fourth-order valence-electron chi connectivity index (χ4n) is 1.57. The predicted molar refractivity (Wildman–Crippen MR) is 76.3 cm³/mol. The van der Waals surface area contributed by atoms with Crippen molar-refractivity contribution in [3.8, 4) is 0 Å². The van der Waals surface area contributed by atoms with E-state index >= 15 is 0 Å². The maximum absolute atomic E-state index is 12.2. The van der Waals surface area contributed by atoms with Crippen LogP contribution in [0.3, 0.4) is 0 Å². The third-order valence-electron chi connectivity index (χ3n) is 2.41. The third-order valence-corrected chi connectivity index (χ3v) is 4.33. The average Bonchev–Trinajstić information content (AvgIpc) is 2.81. The number of anilines is 1. The monoisotopic (exact) mass is 344 g/mol. The minimum Gasteiger partial charge on any atom is -0.316 e. The molecule has 19 heavy (non-hydrogen) atoms. The van der Waals surface area contributed by atoms with Gasteiger partial charge in [-0.2, -0.15) is 13.5 Å². The first kappa shape index (κ1) is 14.0. The van der Waals surface area contributed by atoms with Gasteiger partial charge in [-0.1, -0.05) is 15.9 Å². The van der Waals surface area contributed by atoms with Gasteiger partial charge in [0.2, 0.25) is 0 Å². The first-order valence-corrected chi connectivity index (χ1v) is 7.76. The van der Waals surface area contributed by atoms with Crippen LogP contribution >= 0.6 is 15.9 Å². The second-order valence-corrected chi connectivity index (χ2v) is 6.40. The molecule has 0 radical (unpaired) electrons. The first-order valence-electron chi connectivity index (χ1n) is 5.48. The number of nitrogens with one attached hydrogen (secondary N) is 3. The second-order valence-electron chi connectivity index (χ2n) is 3.87. The number of sulfonamides is 1. The molecule has 8 heteroatoms. The molecule has 0 amide bonds. The van der Waals surface area contributed by atoms with E-state index in [0.29, 0.717) is 17.8 Å². The molecule has 1 heterocycles. The topological polar surface area (TPSA) is 86.9 Å². The standard InChI is InChI=1S/C11H13BrN4O2S/c1-13-6-8-7-14-15-11(8)19(17,18)16-10-4-2-9(12)3-5-10/h2-5,7,13,16H,6H2,1H3,(H,14,15). The van der Waals surface area contributed by atoms with Gasteiger partial charge in [0.05, 0.1) is 6.20 Å². The number of hydrogen-bond acceptors (Lipinski definition) is 4. The number of halogens is 1. The van der Waals surface area contributed by atoms with Crippen LogP contribution in [0, 0.1) is 0 Å². The molecule has 0 unspecified atom stereocenters. The van der Waals surface area contributed by atoms with Crippen molar-refractivity contribution in [3.63, 3.8) is 0 Å². The smallest absolute Gasteiger partial charge is 0.279 e. The third kappa shape index (κ3) is 3.34. The molecule has 0 aliphatic rings. The summed E-state index contributed by atoms with van der Waals surface area (Å²) in [6.45, 7) is 0.424. The summed E-state index contributed by atoms with van der Waals surface area (Å²) >= 11 is 3.29. The minimum atomic E-state index is -3.66. The maximum Gasteiger partial charge on any atom is 0.279 e. The highest BCUT2D eigenvalue weighted by molar-refractivity contribution is 9.10. The number of aromatic nitrogens is 2. The van der Waals surface area contributed by atoms with E-state index in [1.165, 1.54) is 6.20 Å². The van der Waals surface area contributed by atoms with E-state index in [9.17, 15) is 8.42 Å². The minimum absolute atomic E-state index is 0.0739. The molecule has 1 aromatic heterocycles. The number of hydrogen-bond donors (Lipinski definition) is 3. The SMILES string of the molecule is CNCc1cn[nH]c1S(=O)(=O)Nc1ccc(Br)cc1. The van der Waals surface area contributed by atoms with Crippen molar-refractivity contribution in [1.29, 1.82) is 0 Å². The first-order chi connectivity index (χ1) is 9.03. The summed E-state index contributed by atoms with van der Waals surface area (Å²) in [6, 6.07) is 6.88. The Morgan fingerprint density at radius 1 is 1.32 bits per heavy atom. The lowest BCUT2D eigenvalue weighted by molar-refractivity contribution is 0.595. The Hall–Kier alpha value is -1.38. The van der Waals surface area contributed by atoms with Gasteiger partial charge in [0.1, 0.15) is 0 Å². The summed E-state index contributed by atoms with van der Waals surface area (Å²) < 4.78 is 27.8. The molecule has 2 aromatic rings. The van der Waals surface area contributed by atoms with Crippen LogP contribution in [0.15, 0.2) is 40.0 Å². The highest BCUT2D eigenvalue weighted by atomic mass is 79.9. The van der Waals surface area contributed by atoms with Crippen LogP contribution in [-0.4, -0.2) is 25.7 Å². The Morgan fingerprint density at radius 3 is 2.63 bits per heavy atom. The molecule has 0 bridgehead atoms. The summed E-state index contributed by atoms with van der Waals surface area (Å²) in [5.41, 5.74) is 1.08. The van der Waals surface area contributed by atoms with E-state index in [2.05, 4.69) is 36.2 Å². The Kier molecular flexibility index (Phi) is 4.23. The molecule has 3 N–H and O–H groups in total. The van der Waals surface area contributed by atoms with Gasteiger partial charge in [-0.3, -0.25) is 9.82 Å². The van der Waals surface area contributed by atoms with Crippen molar-refractivity contribution in [2.45, 2.75) is 11.6 Å². The van der Waals surface area contributed by atoms with Crippen molar-refractivity contribution in [1.82, 2.24) is 15.5 Å². The zero-order chi connectivity index (χ0) is 13.9. The summed E-state index contributed by atoms with van der Waals surface area (Å²) in [4.78, 5) is 0. The van der Waals surface area contributed by atoms with Gasteiger partial charge in [0.25, 0.3) is 10.0 Å². The highest BCUT2D eigenvalue weighted by Crippen LogP contribution is 2.19. The lowest BCUT2D eigenvalue weighted by Crippen LogP contribution is -2.17. The van der Waals surface area contributed by atoms with E-state index in [-0.39, 0.29) is 5.03 Å². The summed E-state index contributed by atoms with van der Waals surface area (Å²) in [5, 5.41) is 9.25. The lowest BCUT2D eigenvalue weighted by atomic mass is 10.3. The van der Waals surface area contributed by atoms with Gasteiger partial charge in [0, 0.05) is 22.3 Å². The van der Waals surface area contributed by atoms with E-state index in [1.807, 2.05) is 0 Å². The molecule has 2 rings (SSSR count). The maximum atomic E-state index is 12.2. The number of nitrogens with zero attached hydrogens (tertiary/aromatic N) is 1. The molecule has 0 fully saturated rings. The molecule has 6 nitrogen and oxygen atoms in total. The van der Waals surface area contributed by atoms with Crippen LogP contribution in [0.5, 0.6) is 0 Å². The van der Waals surface area contributed by atoms with E-state index in [0.717, 1.165) is 4.47 Å². The van der Waals surface area contributed by atoms with Crippen molar-refractivity contribution in [3.05, 3.63) is 40.5 Å². The summed E-state index contributed by atoms with van der Waals surface area (Å²) in [5.74, 6) is 0. The molecule has 1 aromatic carbocycles. The second kappa shape index (κ2) is 5.72. The van der Waals surface area contributed by atoms with Crippen LogP contribution in [-0.2, 0) is 16.6 Å². The van der Waals surface area contributed by atoms with Gasteiger partial charge >= 0.3 is 0 Å². The Bertz CT molecular complexity index is 652. The van der Waals surface area contributed by atoms with Gasteiger partial charge in [-0.25, -0.2) is 0 Å².